The number of hydrogen-bond donors (Lipinski definition) is 0. The van der Waals surface area contributed by atoms with Crippen molar-refractivity contribution in [1.29, 1.82) is 0 Å². The predicted molar refractivity (Wildman–Crippen MR) is 10.5 cm³/mol. The van der Waals surface area contributed by atoms with Gasteiger partial charge in [-0.05, 0) is 0 Å². The average Bonchev–Trinajstić information content (AvgIpc) is 0.722. The fourth-order valence-electron chi connectivity index (χ4n) is 0. The normalized spacial score (nSPS) is 7.25. The van der Waals surface area contributed by atoms with Gasteiger partial charge < -0.3 is 9.11 Å². The molecule has 0 unspecified atom stereocenters. The molecule has 0 aromatic heterocycles. The number of hydrogen-bond acceptors (Lipinski definition) is 4. The van der Waals surface area contributed by atoms with E-state index in [1.54, 1.807) is 0 Å². The molecule has 0 spiro atoms. The molecule has 8 heavy (non-hydrogen) atoms. The maximum Gasteiger partial charge on any atom is 1.00 e. The van der Waals surface area contributed by atoms with E-state index < -0.39 is 10.4 Å². The molecule has 0 aromatic carbocycles. The fourth-order valence-corrected chi connectivity index (χ4v) is 0. The van der Waals surface area contributed by atoms with E-state index in [0.717, 1.165) is 0 Å². The van der Waals surface area contributed by atoms with Crippen LogP contribution >= 0.6 is 0 Å². The third-order valence-electron chi connectivity index (χ3n) is 0. The van der Waals surface area contributed by atoms with Crippen molar-refractivity contribution >= 4 is 10.4 Å². The Kier molecular flexibility index (Phi) is 32.6. The third kappa shape index (κ3) is 47.4. The molecule has 0 heterocycles. The van der Waals surface area contributed by atoms with Gasteiger partial charge in [-0.15, -0.1) is 0 Å². The summed E-state index contributed by atoms with van der Waals surface area (Å²) in [6.45, 7) is 0. The van der Waals surface area contributed by atoms with E-state index in [0.29, 0.717) is 0 Å². The zero-order chi connectivity index (χ0) is 4.50. The van der Waals surface area contributed by atoms with E-state index in [1.807, 2.05) is 0 Å². The Morgan fingerprint density at radius 2 is 1.00 bits per heavy atom. The molecule has 4 nitrogen and oxygen atoms in total. The molecule has 0 saturated heterocycles. The monoisotopic (exact) mass is 214 g/mol. The Hall–Kier alpha value is 4.40. The van der Waals surface area contributed by atoms with Crippen LogP contribution in [0, 0.1) is 37.7 Å². The number of rotatable bonds is 0. The molecular formula is ArK2O4S. The maximum atomic E-state index is 8.52. The molecule has 8 heteroatoms. The largest absolute Gasteiger partial charge is 1.00 e. The molecule has 0 N–H and O–H groups in total. The van der Waals surface area contributed by atoms with Crippen LogP contribution < -0.4 is 103 Å². The SMILES string of the molecule is O=S(=O)([O-])[O-].[Ar].[K+].[K+]. The first-order valence-electron chi connectivity index (χ1n) is 0.667. The van der Waals surface area contributed by atoms with E-state index in [1.165, 1.54) is 0 Å². The minimum Gasteiger partial charge on any atom is -0.759 e. The summed E-state index contributed by atoms with van der Waals surface area (Å²) in [7, 11) is -5.17. The van der Waals surface area contributed by atoms with Gasteiger partial charge in [0.25, 0.3) is 0 Å². The molecule has 0 atom stereocenters. The van der Waals surface area contributed by atoms with Gasteiger partial charge in [-0.2, -0.15) is 0 Å². The van der Waals surface area contributed by atoms with Crippen LogP contribution in [0.4, 0.5) is 0 Å². The zero-order valence-electron chi connectivity index (χ0n) is 4.39. The molecule has 40 valence electrons. The molecule has 0 amide bonds. The second kappa shape index (κ2) is 11.4. The summed E-state index contributed by atoms with van der Waals surface area (Å²) >= 11 is 0. The Balaban J connectivity index is -0.0000000267. The van der Waals surface area contributed by atoms with Crippen molar-refractivity contribution in [3.05, 3.63) is 0 Å². The van der Waals surface area contributed by atoms with Crippen molar-refractivity contribution in [2.45, 2.75) is 0 Å². The molecule has 0 aliphatic heterocycles. The van der Waals surface area contributed by atoms with Gasteiger partial charge in [0.1, 0.15) is 0 Å². The second-order valence-corrected chi connectivity index (χ2v) is 1.22. The quantitative estimate of drug-likeness (QED) is 0.228. The van der Waals surface area contributed by atoms with E-state index >= 15 is 0 Å². The van der Waals surface area contributed by atoms with Crippen LogP contribution in [0.2, 0.25) is 0 Å². The van der Waals surface area contributed by atoms with Crippen LogP contribution in [-0.4, -0.2) is 17.5 Å². The molecular weight excluding hydrogens is 214 g/mol. The Morgan fingerprint density at radius 3 is 1.00 bits per heavy atom. The third-order valence-corrected chi connectivity index (χ3v) is 0. The van der Waals surface area contributed by atoms with Crippen LogP contribution in [0.25, 0.3) is 0 Å². The van der Waals surface area contributed by atoms with Gasteiger partial charge in [0, 0.05) is 48.1 Å². The van der Waals surface area contributed by atoms with Gasteiger partial charge in [-0.25, -0.2) is 0 Å². The minimum absolute atomic E-state index is 0. The van der Waals surface area contributed by atoms with Crippen LogP contribution in [0.3, 0.4) is 0 Å². The van der Waals surface area contributed by atoms with E-state index in [-0.39, 0.29) is 141 Å². The molecule has 0 rings (SSSR count). The molecule has 0 aliphatic rings. The van der Waals surface area contributed by atoms with Crippen LogP contribution in [0.1, 0.15) is 0 Å². The van der Waals surface area contributed by atoms with Crippen molar-refractivity contribution in [3.8, 4) is 0 Å². The fraction of sp³-hybridized carbons (Fsp3) is 0. The minimum atomic E-state index is -5.17. The average molecular weight is 214 g/mol. The summed E-state index contributed by atoms with van der Waals surface area (Å²) in [5.74, 6) is 0. The summed E-state index contributed by atoms with van der Waals surface area (Å²) < 4.78 is 34.1. The van der Waals surface area contributed by atoms with Gasteiger partial charge in [0.2, 0.25) is 0 Å². The van der Waals surface area contributed by atoms with Crippen molar-refractivity contribution in [1.82, 2.24) is 0 Å². The van der Waals surface area contributed by atoms with Gasteiger partial charge in [0.15, 0.2) is 0 Å². The second-order valence-electron chi connectivity index (χ2n) is 0.408. The summed E-state index contributed by atoms with van der Waals surface area (Å²) in [6.07, 6.45) is 0. The van der Waals surface area contributed by atoms with E-state index in [9.17, 15) is 0 Å². The van der Waals surface area contributed by atoms with Gasteiger partial charge in [-0.1, -0.05) is 0 Å². The molecule has 0 radical (unpaired) electrons. The summed E-state index contributed by atoms with van der Waals surface area (Å²) in [5, 5.41) is 0. The predicted octanol–water partition coefficient (Wildman–Crippen LogP) is -7.33. The van der Waals surface area contributed by atoms with Crippen LogP contribution in [0.15, 0.2) is 0 Å². The maximum absolute atomic E-state index is 8.52. The van der Waals surface area contributed by atoms with Gasteiger partial charge >= 0.3 is 103 Å². The van der Waals surface area contributed by atoms with Crippen LogP contribution in [-0.2, 0) is 10.4 Å². The molecule has 0 saturated carbocycles. The standard InChI is InChI=1S/Ar.2K.H2O4S/c;;;1-5(2,3)4/h;;;(H2,1,2,3,4)/q;2*+1;/p-2. The first-order valence-corrected chi connectivity index (χ1v) is 2.00. The van der Waals surface area contributed by atoms with Crippen molar-refractivity contribution in [3.63, 3.8) is 0 Å². The summed E-state index contributed by atoms with van der Waals surface area (Å²) in [5.41, 5.74) is 0. The molecule has 0 bridgehead atoms. The summed E-state index contributed by atoms with van der Waals surface area (Å²) in [6, 6.07) is 0. The van der Waals surface area contributed by atoms with Gasteiger partial charge in [-0.3, -0.25) is 8.42 Å². The van der Waals surface area contributed by atoms with Crippen molar-refractivity contribution in [2.75, 3.05) is 0 Å². The molecule has 0 aliphatic carbocycles. The first-order chi connectivity index (χ1) is 2.00. The van der Waals surface area contributed by atoms with Crippen LogP contribution in [0.5, 0.6) is 0 Å². The first kappa shape index (κ1) is 22.8. The summed E-state index contributed by atoms with van der Waals surface area (Å²) in [4.78, 5) is 0. The molecule has 0 aromatic rings. The Labute approximate surface area is 163 Å². The van der Waals surface area contributed by atoms with Crippen molar-refractivity contribution in [2.24, 2.45) is 0 Å². The topological polar surface area (TPSA) is 80.3 Å². The smallest absolute Gasteiger partial charge is 0.759 e. The molecule has 0 fully saturated rings. The van der Waals surface area contributed by atoms with E-state index in [4.69, 9.17) is 17.5 Å². The van der Waals surface area contributed by atoms with Gasteiger partial charge in [0.05, 0.1) is 0 Å². The Bertz CT molecular complexity index is 97.2. The van der Waals surface area contributed by atoms with Crippen molar-refractivity contribution < 1.29 is 158 Å². The Morgan fingerprint density at radius 1 is 1.00 bits per heavy atom. The zero-order valence-corrected chi connectivity index (χ0v) is 12.2. The van der Waals surface area contributed by atoms with E-state index in [2.05, 4.69) is 0 Å².